The van der Waals surface area contributed by atoms with Crippen LogP contribution >= 0.6 is 22.7 Å². The SMILES string of the molecule is C[C@H](C(=O)N(Cc1cccs1)[C@H](C(=O)NCc1ccc(F)cc1)c1ccc(F)cc1)n1nnc(-c2cccs2)n1. The quantitative estimate of drug-likeness (QED) is 0.240. The van der Waals surface area contributed by atoms with Gasteiger partial charge in [0.25, 0.3) is 0 Å². The van der Waals surface area contributed by atoms with E-state index in [0.29, 0.717) is 17.0 Å². The molecule has 5 rings (SSSR count). The van der Waals surface area contributed by atoms with Gasteiger partial charge in [-0.1, -0.05) is 36.4 Å². The number of carbonyl (C=O) groups excluding carboxylic acids is 2. The zero-order valence-electron chi connectivity index (χ0n) is 21.3. The molecule has 0 unspecified atom stereocenters. The van der Waals surface area contributed by atoms with Crippen LogP contribution in [-0.2, 0) is 22.7 Å². The number of hydrogen-bond donors (Lipinski definition) is 1. The molecule has 0 radical (unpaired) electrons. The Morgan fingerprint density at radius 2 is 1.62 bits per heavy atom. The molecule has 204 valence electrons. The van der Waals surface area contributed by atoms with Crippen LogP contribution in [0, 0.1) is 11.6 Å². The Balaban J connectivity index is 1.47. The first-order valence-electron chi connectivity index (χ1n) is 12.3. The molecule has 0 saturated carbocycles. The summed E-state index contributed by atoms with van der Waals surface area (Å²) in [6, 6.07) is 16.7. The number of amides is 2. The fourth-order valence-electron chi connectivity index (χ4n) is 4.11. The lowest BCUT2D eigenvalue weighted by molar-refractivity contribution is -0.144. The molecule has 12 heteroatoms. The van der Waals surface area contributed by atoms with Gasteiger partial charge in [0.2, 0.25) is 17.6 Å². The highest BCUT2D eigenvalue weighted by Gasteiger charge is 2.35. The number of nitrogens with zero attached hydrogens (tertiary/aromatic N) is 5. The van der Waals surface area contributed by atoms with Gasteiger partial charge in [-0.25, -0.2) is 8.78 Å². The second-order valence-corrected chi connectivity index (χ2v) is 10.9. The summed E-state index contributed by atoms with van der Waals surface area (Å²) in [6.07, 6.45) is 0. The second-order valence-electron chi connectivity index (χ2n) is 8.93. The van der Waals surface area contributed by atoms with Crippen molar-refractivity contribution in [2.45, 2.75) is 32.1 Å². The van der Waals surface area contributed by atoms with E-state index in [9.17, 15) is 18.4 Å². The number of nitrogens with one attached hydrogen (secondary N) is 1. The molecule has 2 amide bonds. The Hall–Kier alpha value is -4.29. The van der Waals surface area contributed by atoms with Crippen LogP contribution in [0.15, 0.2) is 83.6 Å². The van der Waals surface area contributed by atoms with Gasteiger partial charge in [-0.05, 0) is 70.4 Å². The molecule has 8 nitrogen and oxygen atoms in total. The molecule has 3 aromatic heterocycles. The number of benzene rings is 2. The summed E-state index contributed by atoms with van der Waals surface area (Å²) in [5, 5.41) is 19.2. The molecule has 0 spiro atoms. The molecule has 3 heterocycles. The molecular formula is C28H24F2N6O2S2. The number of aromatic nitrogens is 4. The van der Waals surface area contributed by atoms with E-state index in [1.807, 2.05) is 35.0 Å². The van der Waals surface area contributed by atoms with Gasteiger partial charge in [-0.15, -0.1) is 32.9 Å². The Kier molecular flexibility index (Phi) is 8.37. The van der Waals surface area contributed by atoms with Gasteiger partial charge in [0.05, 0.1) is 11.4 Å². The van der Waals surface area contributed by atoms with Crippen LogP contribution in [0.5, 0.6) is 0 Å². The maximum atomic E-state index is 14.1. The predicted octanol–water partition coefficient (Wildman–Crippen LogP) is 5.39. The van der Waals surface area contributed by atoms with E-state index in [1.165, 1.54) is 68.8 Å². The first-order valence-corrected chi connectivity index (χ1v) is 14.1. The number of halogens is 2. The van der Waals surface area contributed by atoms with E-state index < -0.39 is 29.7 Å². The largest absolute Gasteiger partial charge is 0.350 e. The standard InChI is InChI=1S/C28H24F2N6O2S2/c1-18(36-33-26(32-34-36)24-5-3-15-40-24)28(38)35(17-23-4-2-14-39-23)25(20-8-12-22(30)13-9-20)27(37)31-16-19-6-10-21(29)11-7-19/h2-15,18,25H,16-17H2,1H3,(H,31,37)/t18-,25+/m1/s1. The Bertz CT molecular complexity index is 1560. The first kappa shape index (κ1) is 27.3. The minimum atomic E-state index is -1.10. The Labute approximate surface area is 236 Å². The Morgan fingerprint density at radius 1 is 0.950 bits per heavy atom. The number of thiophene rings is 2. The second kappa shape index (κ2) is 12.3. The van der Waals surface area contributed by atoms with Gasteiger partial charge in [-0.3, -0.25) is 9.59 Å². The van der Waals surface area contributed by atoms with Crippen LogP contribution in [0.2, 0.25) is 0 Å². The summed E-state index contributed by atoms with van der Waals surface area (Å²) in [6.45, 7) is 1.88. The van der Waals surface area contributed by atoms with Crippen LogP contribution in [0.25, 0.3) is 10.7 Å². The van der Waals surface area contributed by atoms with Crippen LogP contribution < -0.4 is 5.32 Å². The summed E-state index contributed by atoms with van der Waals surface area (Å²) >= 11 is 2.90. The van der Waals surface area contributed by atoms with E-state index in [4.69, 9.17) is 0 Å². The van der Waals surface area contributed by atoms with Gasteiger partial charge in [0.1, 0.15) is 23.7 Å². The van der Waals surface area contributed by atoms with E-state index in [0.717, 1.165) is 9.75 Å². The molecule has 2 atom stereocenters. The van der Waals surface area contributed by atoms with E-state index >= 15 is 0 Å². The normalized spacial score (nSPS) is 12.6. The van der Waals surface area contributed by atoms with Crippen molar-refractivity contribution >= 4 is 34.5 Å². The van der Waals surface area contributed by atoms with E-state index in [2.05, 4.69) is 20.7 Å². The summed E-state index contributed by atoms with van der Waals surface area (Å²) in [5.41, 5.74) is 1.12. The van der Waals surface area contributed by atoms with Crippen molar-refractivity contribution < 1.29 is 18.4 Å². The number of tetrazole rings is 1. The van der Waals surface area contributed by atoms with Crippen molar-refractivity contribution in [2.75, 3.05) is 0 Å². The number of hydrogen-bond acceptors (Lipinski definition) is 7. The van der Waals surface area contributed by atoms with Crippen LogP contribution in [0.4, 0.5) is 8.78 Å². The lowest BCUT2D eigenvalue weighted by atomic mass is 10.0. The fourth-order valence-corrected chi connectivity index (χ4v) is 5.46. The molecule has 0 saturated heterocycles. The molecule has 0 aliphatic heterocycles. The third kappa shape index (κ3) is 6.29. The number of rotatable bonds is 10. The molecule has 40 heavy (non-hydrogen) atoms. The van der Waals surface area contributed by atoms with Crippen LogP contribution in [0.1, 0.15) is 35.0 Å². The lowest BCUT2D eigenvalue weighted by Crippen LogP contribution is -2.45. The van der Waals surface area contributed by atoms with Crippen LogP contribution in [-0.4, -0.2) is 36.9 Å². The van der Waals surface area contributed by atoms with Crippen molar-refractivity contribution in [2.24, 2.45) is 0 Å². The van der Waals surface area contributed by atoms with Gasteiger partial charge in [-0.2, -0.15) is 4.80 Å². The summed E-state index contributed by atoms with van der Waals surface area (Å²) in [5.74, 6) is -1.35. The summed E-state index contributed by atoms with van der Waals surface area (Å²) in [7, 11) is 0. The van der Waals surface area contributed by atoms with Gasteiger partial charge in [0, 0.05) is 11.4 Å². The van der Waals surface area contributed by atoms with Crippen molar-refractivity contribution in [1.82, 2.24) is 30.4 Å². The van der Waals surface area contributed by atoms with E-state index in [1.54, 1.807) is 19.1 Å². The summed E-state index contributed by atoms with van der Waals surface area (Å²) in [4.78, 5) is 32.2. The van der Waals surface area contributed by atoms with Crippen LogP contribution in [0.3, 0.4) is 0 Å². The van der Waals surface area contributed by atoms with Crippen molar-refractivity contribution in [3.8, 4) is 10.7 Å². The molecule has 0 aliphatic carbocycles. The highest BCUT2D eigenvalue weighted by molar-refractivity contribution is 7.13. The molecule has 0 fully saturated rings. The average molecular weight is 579 g/mol. The molecule has 1 N–H and O–H groups in total. The highest BCUT2D eigenvalue weighted by Crippen LogP contribution is 2.29. The minimum Gasteiger partial charge on any atom is -0.350 e. The molecule has 0 aliphatic rings. The van der Waals surface area contributed by atoms with Crippen molar-refractivity contribution in [3.05, 3.63) is 111 Å². The topological polar surface area (TPSA) is 93.0 Å². The smallest absolute Gasteiger partial charge is 0.250 e. The van der Waals surface area contributed by atoms with Crippen molar-refractivity contribution in [3.63, 3.8) is 0 Å². The predicted molar refractivity (Wildman–Crippen MR) is 148 cm³/mol. The third-order valence-corrected chi connectivity index (χ3v) is 7.92. The third-order valence-electron chi connectivity index (χ3n) is 6.19. The Morgan fingerprint density at radius 3 is 2.27 bits per heavy atom. The molecular weight excluding hydrogens is 554 g/mol. The molecule has 5 aromatic rings. The van der Waals surface area contributed by atoms with Gasteiger partial charge < -0.3 is 10.2 Å². The first-order chi connectivity index (χ1) is 19.4. The zero-order valence-corrected chi connectivity index (χ0v) is 22.9. The fraction of sp³-hybridized carbons (Fsp3) is 0.179. The summed E-state index contributed by atoms with van der Waals surface area (Å²) < 4.78 is 27.2. The van der Waals surface area contributed by atoms with Gasteiger partial charge >= 0.3 is 0 Å². The van der Waals surface area contributed by atoms with Crippen molar-refractivity contribution in [1.29, 1.82) is 0 Å². The number of carbonyl (C=O) groups is 2. The molecule has 0 bridgehead atoms. The monoisotopic (exact) mass is 578 g/mol. The zero-order chi connectivity index (χ0) is 28.1. The lowest BCUT2D eigenvalue weighted by Gasteiger charge is -2.32. The van der Waals surface area contributed by atoms with Gasteiger partial charge in [0.15, 0.2) is 0 Å². The molecule has 2 aromatic carbocycles. The van der Waals surface area contributed by atoms with E-state index in [-0.39, 0.29) is 18.9 Å². The highest BCUT2D eigenvalue weighted by atomic mass is 32.1. The average Bonchev–Trinajstić information content (AvgIpc) is 3.75. The maximum absolute atomic E-state index is 14.1. The minimum absolute atomic E-state index is 0.113. The maximum Gasteiger partial charge on any atom is 0.250 e.